The van der Waals surface area contributed by atoms with Crippen molar-refractivity contribution in [3.8, 4) is 10.6 Å². The highest BCUT2D eigenvalue weighted by molar-refractivity contribution is 7.13. The normalized spacial score (nSPS) is 10.5. The van der Waals surface area contributed by atoms with Crippen LogP contribution in [0.4, 0.5) is 10.5 Å². The minimum Gasteiger partial charge on any atom is -0.453 e. The lowest BCUT2D eigenvalue weighted by atomic mass is 10.1. The number of carbonyl (C=O) groups is 2. The van der Waals surface area contributed by atoms with Gasteiger partial charge in [-0.1, -0.05) is 48.5 Å². The Labute approximate surface area is 189 Å². The van der Waals surface area contributed by atoms with Gasteiger partial charge in [-0.25, -0.2) is 4.79 Å². The van der Waals surface area contributed by atoms with Crippen molar-refractivity contribution >= 4 is 29.0 Å². The summed E-state index contributed by atoms with van der Waals surface area (Å²) >= 11 is 1.55. The number of aromatic nitrogens is 2. The lowest BCUT2D eigenvalue weighted by Gasteiger charge is -2.07. The summed E-state index contributed by atoms with van der Waals surface area (Å²) in [7, 11) is 1.31. The largest absolute Gasteiger partial charge is 0.453 e. The van der Waals surface area contributed by atoms with E-state index in [1.807, 2.05) is 60.0 Å². The maximum atomic E-state index is 13.0. The highest BCUT2D eigenvalue weighted by Gasteiger charge is 2.18. The zero-order valence-electron chi connectivity index (χ0n) is 17.4. The van der Waals surface area contributed by atoms with E-state index in [-0.39, 0.29) is 5.91 Å². The van der Waals surface area contributed by atoms with Gasteiger partial charge in [-0.05, 0) is 34.7 Å². The van der Waals surface area contributed by atoms with Gasteiger partial charge in [-0.2, -0.15) is 5.10 Å². The van der Waals surface area contributed by atoms with E-state index in [0.717, 1.165) is 16.0 Å². The molecule has 0 aliphatic rings. The number of ether oxygens (including phenoxy) is 1. The maximum absolute atomic E-state index is 13.0. The smallest absolute Gasteiger partial charge is 0.411 e. The van der Waals surface area contributed by atoms with Crippen molar-refractivity contribution in [3.05, 3.63) is 95.0 Å². The van der Waals surface area contributed by atoms with Crippen molar-refractivity contribution in [3.63, 3.8) is 0 Å². The zero-order valence-corrected chi connectivity index (χ0v) is 18.3. The Hall–Kier alpha value is -3.91. The van der Waals surface area contributed by atoms with Crippen LogP contribution in [0.1, 0.15) is 21.5 Å². The van der Waals surface area contributed by atoms with Crippen LogP contribution in [0.25, 0.3) is 10.6 Å². The van der Waals surface area contributed by atoms with Gasteiger partial charge in [0.15, 0.2) is 0 Å². The van der Waals surface area contributed by atoms with E-state index in [1.165, 1.54) is 7.11 Å². The SMILES string of the molecule is COC(=O)Nc1ccc(CNC(=O)c2cn(Cc3ccccc3)nc2-c2cccs2)cc1. The number of methoxy groups -OCH3 is 1. The first kappa shape index (κ1) is 21.3. The fourth-order valence-corrected chi connectivity index (χ4v) is 3.91. The number of hydrogen-bond acceptors (Lipinski definition) is 5. The van der Waals surface area contributed by atoms with Crippen LogP contribution < -0.4 is 10.6 Å². The molecule has 0 fully saturated rings. The third-order valence-corrected chi connectivity index (χ3v) is 5.66. The van der Waals surface area contributed by atoms with E-state index in [1.54, 1.807) is 34.3 Å². The van der Waals surface area contributed by atoms with Crippen LogP contribution in [-0.4, -0.2) is 28.9 Å². The predicted octanol–water partition coefficient (Wildman–Crippen LogP) is 4.77. The maximum Gasteiger partial charge on any atom is 0.411 e. The molecule has 0 aliphatic carbocycles. The number of benzene rings is 2. The quantitative estimate of drug-likeness (QED) is 0.428. The van der Waals surface area contributed by atoms with Gasteiger partial charge in [0.1, 0.15) is 5.69 Å². The van der Waals surface area contributed by atoms with E-state index in [9.17, 15) is 9.59 Å². The van der Waals surface area contributed by atoms with Gasteiger partial charge in [-0.3, -0.25) is 14.8 Å². The molecule has 2 amide bonds. The fraction of sp³-hybridized carbons (Fsp3) is 0.125. The lowest BCUT2D eigenvalue weighted by Crippen LogP contribution is -2.23. The number of carbonyl (C=O) groups excluding carboxylic acids is 2. The highest BCUT2D eigenvalue weighted by Crippen LogP contribution is 2.27. The molecule has 0 saturated heterocycles. The summed E-state index contributed by atoms with van der Waals surface area (Å²) in [6, 6.07) is 21.1. The highest BCUT2D eigenvalue weighted by atomic mass is 32.1. The van der Waals surface area contributed by atoms with E-state index < -0.39 is 6.09 Å². The van der Waals surface area contributed by atoms with Gasteiger partial charge >= 0.3 is 6.09 Å². The molecule has 0 atom stereocenters. The Kier molecular flexibility index (Phi) is 6.62. The summed E-state index contributed by atoms with van der Waals surface area (Å²) < 4.78 is 6.38. The standard InChI is InChI=1S/C24H22N4O3S/c1-31-24(30)26-19-11-9-17(10-12-19)14-25-23(29)20-16-28(15-18-6-3-2-4-7-18)27-22(20)21-8-5-13-32-21/h2-13,16H,14-15H2,1H3,(H,25,29)(H,26,30). The first-order valence-corrected chi connectivity index (χ1v) is 10.9. The number of amides is 2. The van der Waals surface area contributed by atoms with E-state index in [0.29, 0.717) is 30.0 Å². The molecule has 2 heterocycles. The number of nitrogens with zero attached hydrogens (tertiary/aromatic N) is 2. The van der Waals surface area contributed by atoms with Crippen LogP contribution in [-0.2, 0) is 17.8 Å². The van der Waals surface area contributed by atoms with Crippen molar-refractivity contribution in [1.82, 2.24) is 15.1 Å². The van der Waals surface area contributed by atoms with Crippen LogP contribution in [0, 0.1) is 0 Å². The summed E-state index contributed by atoms with van der Waals surface area (Å²) in [4.78, 5) is 25.2. The summed E-state index contributed by atoms with van der Waals surface area (Å²) in [5.74, 6) is -0.190. The molecule has 7 nitrogen and oxygen atoms in total. The average Bonchev–Trinajstić information content (AvgIpc) is 3.49. The summed E-state index contributed by atoms with van der Waals surface area (Å²) in [5, 5.41) is 12.2. The third-order valence-electron chi connectivity index (χ3n) is 4.79. The second-order valence-corrected chi connectivity index (χ2v) is 8.00. The third kappa shape index (κ3) is 5.22. The lowest BCUT2D eigenvalue weighted by molar-refractivity contribution is 0.0951. The van der Waals surface area contributed by atoms with Crippen molar-refractivity contribution in [2.45, 2.75) is 13.1 Å². The molecule has 2 aromatic heterocycles. The van der Waals surface area contributed by atoms with Crippen LogP contribution in [0.3, 0.4) is 0 Å². The Morgan fingerprint density at radius 3 is 2.47 bits per heavy atom. The number of rotatable bonds is 7. The van der Waals surface area contributed by atoms with Crippen LogP contribution >= 0.6 is 11.3 Å². The topological polar surface area (TPSA) is 85.3 Å². The zero-order chi connectivity index (χ0) is 22.3. The molecule has 0 bridgehead atoms. The van der Waals surface area contributed by atoms with Gasteiger partial charge < -0.3 is 10.1 Å². The second kappa shape index (κ2) is 9.93. The van der Waals surface area contributed by atoms with E-state index in [4.69, 9.17) is 0 Å². The summed E-state index contributed by atoms with van der Waals surface area (Å²) in [6.07, 6.45) is 1.26. The van der Waals surface area contributed by atoms with Crippen LogP contribution in [0.5, 0.6) is 0 Å². The first-order valence-electron chi connectivity index (χ1n) is 10.00. The monoisotopic (exact) mass is 446 g/mol. The molecular weight excluding hydrogens is 424 g/mol. The second-order valence-electron chi connectivity index (χ2n) is 7.05. The molecule has 0 aliphatic heterocycles. The van der Waals surface area contributed by atoms with Crippen LogP contribution in [0.15, 0.2) is 78.3 Å². The van der Waals surface area contributed by atoms with Gasteiger partial charge in [0.2, 0.25) is 0 Å². The molecule has 8 heteroatoms. The van der Waals surface area contributed by atoms with Crippen molar-refractivity contribution < 1.29 is 14.3 Å². The Morgan fingerprint density at radius 1 is 1.00 bits per heavy atom. The molecule has 2 aromatic carbocycles. The summed E-state index contributed by atoms with van der Waals surface area (Å²) in [5.41, 5.74) is 3.84. The molecule has 32 heavy (non-hydrogen) atoms. The molecule has 0 unspecified atom stereocenters. The minimum atomic E-state index is -0.528. The van der Waals surface area contributed by atoms with Crippen LogP contribution in [0.2, 0.25) is 0 Å². The molecule has 0 radical (unpaired) electrons. The molecular formula is C24H22N4O3S. The van der Waals surface area contributed by atoms with E-state index in [2.05, 4.69) is 20.5 Å². The first-order chi connectivity index (χ1) is 15.6. The van der Waals surface area contributed by atoms with Crippen molar-refractivity contribution in [2.24, 2.45) is 0 Å². The molecule has 0 spiro atoms. The van der Waals surface area contributed by atoms with Gasteiger partial charge in [0.25, 0.3) is 5.91 Å². The average molecular weight is 447 g/mol. The Balaban J connectivity index is 1.48. The fourth-order valence-electron chi connectivity index (χ4n) is 3.19. The number of anilines is 1. The van der Waals surface area contributed by atoms with E-state index >= 15 is 0 Å². The summed E-state index contributed by atoms with van der Waals surface area (Å²) in [6.45, 7) is 0.937. The predicted molar refractivity (Wildman–Crippen MR) is 125 cm³/mol. The van der Waals surface area contributed by atoms with Gasteiger partial charge in [0.05, 0.1) is 24.1 Å². The number of nitrogens with one attached hydrogen (secondary N) is 2. The molecule has 0 saturated carbocycles. The Morgan fingerprint density at radius 2 is 1.78 bits per heavy atom. The number of thiophene rings is 1. The molecule has 4 aromatic rings. The minimum absolute atomic E-state index is 0.190. The molecule has 162 valence electrons. The van der Waals surface area contributed by atoms with Gasteiger partial charge in [0, 0.05) is 18.4 Å². The Bertz CT molecular complexity index is 1190. The van der Waals surface area contributed by atoms with Crippen molar-refractivity contribution in [2.75, 3.05) is 12.4 Å². The molecule has 2 N–H and O–H groups in total. The van der Waals surface area contributed by atoms with Gasteiger partial charge in [-0.15, -0.1) is 11.3 Å². The molecule has 4 rings (SSSR count). The number of hydrogen-bond donors (Lipinski definition) is 2. The van der Waals surface area contributed by atoms with Crippen molar-refractivity contribution in [1.29, 1.82) is 0 Å².